The summed E-state index contributed by atoms with van der Waals surface area (Å²) in [6, 6.07) is 11.9. The zero-order valence-corrected chi connectivity index (χ0v) is 9.92. The van der Waals surface area contributed by atoms with Crippen molar-refractivity contribution in [2.24, 2.45) is 0 Å². The van der Waals surface area contributed by atoms with Gasteiger partial charge in [0.05, 0.1) is 11.4 Å². The number of pyridine rings is 1. The Morgan fingerprint density at radius 3 is 3.00 bits per heavy atom. The second-order valence-electron chi connectivity index (χ2n) is 3.54. The molecule has 2 aromatic rings. The molecule has 1 atom stereocenters. The normalized spacial score (nSPS) is 17.9. The van der Waals surface area contributed by atoms with Gasteiger partial charge in [-0.05, 0) is 30.3 Å². The molecular weight excluding hydrogens is 240 g/mol. The Labute approximate surface area is 103 Å². The van der Waals surface area contributed by atoms with Gasteiger partial charge in [-0.25, -0.2) is 0 Å². The third-order valence-electron chi connectivity index (χ3n) is 2.43. The lowest BCUT2D eigenvalue weighted by molar-refractivity contribution is 1.03. The van der Waals surface area contributed by atoms with Crippen LogP contribution in [0.1, 0.15) is 11.1 Å². The van der Waals surface area contributed by atoms with Crippen LogP contribution < -0.4 is 5.32 Å². The van der Waals surface area contributed by atoms with Crippen LogP contribution >= 0.6 is 23.4 Å². The average Bonchev–Trinajstić information content (AvgIpc) is 2.73. The Kier molecular flexibility index (Phi) is 2.50. The van der Waals surface area contributed by atoms with Crippen LogP contribution in [0.4, 0.5) is 5.69 Å². The first-order chi connectivity index (χ1) is 7.83. The van der Waals surface area contributed by atoms with Gasteiger partial charge < -0.3 is 5.32 Å². The van der Waals surface area contributed by atoms with Crippen LogP contribution in [-0.4, -0.2) is 4.98 Å². The highest BCUT2D eigenvalue weighted by atomic mass is 35.5. The Bertz CT molecular complexity index is 516. The summed E-state index contributed by atoms with van der Waals surface area (Å²) < 4.78 is 0. The molecule has 2 nitrogen and oxygen atoms in total. The maximum absolute atomic E-state index is 5.95. The van der Waals surface area contributed by atoms with E-state index in [9.17, 15) is 0 Å². The van der Waals surface area contributed by atoms with Gasteiger partial charge in [-0.3, -0.25) is 4.98 Å². The van der Waals surface area contributed by atoms with Gasteiger partial charge in [-0.2, -0.15) is 0 Å². The van der Waals surface area contributed by atoms with Gasteiger partial charge in [0.2, 0.25) is 0 Å². The van der Waals surface area contributed by atoms with Crippen LogP contribution in [0.3, 0.4) is 0 Å². The fourth-order valence-corrected chi connectivity index (χ4v) is 2.94. The molecule has 0 fully saturated rings. The molecule has 1 aromatic carbocycles. The quantitative estimate of drug-likeness (QED) is 0.827. The van der Waals surface area contributed by atoms with E-state index in [1.807, 2.05) is 42.6 Å². The standard InChI is InChI=1S/C12H9ClN2S/c13-8-4-5-11-10(7-8)15-12(16-11)9-3-1-2-6-14-9/h1-7,12,15H. The van der Waals surface area contributed by atoms with E-state index in [0.717, 1.165) is 16.4 Å². The molecule has 0 radical (unpaired) electrons. The van der Waals surface area contributed by atoms with Gasteiger partial charge in [-0.15, -0.1) is 0 Å². The number of nitrogens with one attached hydrogen (secondary N) is 1. The number of nitrogens with zero attached hydrogens (tertiary/aromatic N) is 1. The molecule has 3 rings (SSSR count). The summed E-state index contributed by atoms with van der Waals surface area (Å²) in [6.45, 7) is 0. The third-order valence-corrected chi connectivity index (χ3v) is 3.87. The summed E-state index contributed by atoms with van der Waals surface area (Å²) in [6.07, 6.45) is 1.81. The molecule has 0 bridgehead atoms. The maximum Gasteiger partial charge on any atom is 0.120 e. The number of thioether (sulfide) groups is 1. The Balaban J connectivity index is 1.91. The first-order valence-corrected chi connectivity index (χ1v) is 6.22. The molecule has 1 aliphatic rings. The van der Waals surface area contributed by atoms with E-state index in [4.69, 9.17) is 11.6 Å². The van der Waals surface area contributed by atoms with Crippen LogP contribution in [-0.2, 0) is 0 Å². The first kappa shape index (κ1) is 10.00. The summed E-state index contributed by atoms with van der Waals surface area (Å²) in [5.41, 5.74) is 2.13. The fourth-order valence-electron chi connectivity index (χ4n) is 1.68. The lowest BCUT2D eigenvalue weighted by Crippen LogP contribution is -2.02. The molecule has 0 aliphatic carbocycles. The summed E-state index contributed by atoms with van der Waals surface area (Å²) in [5, 5.41) is 4.35. The third kappa shape index (κ3) is 1.77. The van der Waals surface area contributed by atoms with E-state index in [2.05, 4.69) is 10.3 Å². The molecule has 16 heavy (non-hydrogen) atoms. The van der Waals surface area contributed by atoms with E-state index >= 15 is 0 Å². The molecule has 0 amide bonds. The minimum absolute atomic E-state index is 0.190. The molecular formula is C12H9ClN2S. The molecule has 1 N–H and O–H groups in total. The number of hydrogen-bond donors (Lipinski definition) is 1. The van der Waals surface area contributed by atoms with Crippen molar-refractivity contribution in [3.8, 4) is 0 Å². The first-order valence-electron chi connectivity index (χ1n) is 4.96. The number of fused-ring (bicyclic) bond motifs is 1. The second kappa shape index (κ2) is 4.00. The van der Waals surface area contributed by atoms with Crippen molar-refractivity contribution in [1.29, 1.82) is 0 Å². The highest BCUT2D eigenvalue weighted by Gasteiger charge is 2.23. The van der Waals surface area contributed by atoms with Crippen LogP contribution in [0.15, 0.2) is 47.5 Å². The molecule has 1 aromatic heterocycles. The van der Waals surface area contributed by atoms with E-state index in [-0.39, 0.29) is 5.37 Å². The molecule has 0 spiro atoms. The van der Waals surface area contributed by atoms with Gasteiger partial charge in [0, 0.05) is 16.1 Å². The van der Waals surface area contributed by atoms with Crippen molar-refractivity contribution in [2.75, 3.05) is 5.32 Å². The number of benzene rings is 1. The number of aromatic nitrogens is 1. The highest BCUT2D eigenvalue weighted by Crippen LogP contribution is 2.46. The minimum Gasteiger partial charge on any atom is -0.367 e. The number of anilines is 1. The summed E-state index contributed by atoms with van der Waals surface area (Å²) in [5.74, 6) is 0. The molecule has 2 heterocycles. The van der Waals surface area contributed by atoms with Crippen LogP contribution in [0.25, 0.3) is 0 Å². The smallest absolute Gasteiger partial charge is 0.120 e. The van der Waals surface area contributed by atoms with E-state index in [1.165, 1.54) is 4.90 Å². The Morgan fingerprint density at radius 1 is 1.25 bits per heavy atom. The van der Waals surface area contributed by atoms with Crippen molar-refractivity contribution in [2.45, 2.75) is 10.3 Å². The van der Waals surface area contributed by atoms with Crippen molar-refractivity contribution in [3.05, 3.63) is 53.3 Å². The number of hydrogen-bond acceptors (Lipinski definition) is 3. The van der Waals surface area contributed by atoms with Crippen LogP contribution in [0.2, 0.25) is 5.02 Å². The second-order valence-corrected chi connectivity index (χ2v) is 5.12. The van der Waals surface area contributed by atoms with E-state index in [1.54, 1.807) is 11.8 Å². The average molecular weight is 249 g/mol. The Hall–Kier alpha value is -1.19. The van der Waals surface area contributed by atoms with Gasteiger partial charge in [0.1, 0.15) is 5.37 Å². The molecule has 0 saturated heterocycles. The largest absolute Gasteiger partial charge is 0.367 e. The number of rotatable bonds is 1. The van der Waals surface area contributed by atoms with Gasteiger partial charge in [-0.1, -0.05) is 29.4 Å². The molecule has 80 valence electrons. The van der Waals surface area contributed by atoms with Crippen LogP contribution in [0, 0.1) is 0 Å². The zero-order chi connectivity index (χ0) is 11.0. The van der Waals surface area contributed by atoms with Gasteiger partial charge in [0.15, 0.2) is 0 Å². The maximum atomic E-state index is 5.95. The predicted octanol–water partition coefficient (Wildman–Crippen LogP) is 3.95. The summed E-state index contributed by atoms with van der Waals surface area (Å²) in [4.78, 5) is 5.57. The topological polar surface area (TPSA) is 24.9 Å². The van der Waals surface area contributed by atoms with E-state index < -0.39 is 0 Å². The highest BCUT2D eigenvalue weighted by molar-refractivity contribution is 8.00. The van der Waals surface area contributed by atoms with Crippen LogP contribution in [0.5, 0.6) is 0 Å². The van der Waals surface area contributed by atoms with Gasteiger partial charge in [0.25, 0.3) is 0 Å². The lowest BCUT2D eigenvalue weighted by atomic mass is 10.3. The number of halogens is 1. The molecule has 1 aliphatic heterocycles. The monoisotopic (exact) mass is 248 g/mol. The Morgan fingerprint density at radius 2 is 2.19 bits per heavy atom. The van der Waals surface area contributed by atoms with Crippen molar-refractivity contribution in [3.63, 3.8) is 0 Å². The minimum atomic E-state index is 0.190. The van der Waals surface area contributed by atoms with Crippen molar-refractivity contribution < 1.29 is 0 Å². The predicted molar refractivity (Wildman–Crippen MR) is 67.9 cm³/mol. The molecule has 0 saturated carbocycles. The lowest BCUT2D eigenvalue weighted by Gasteiger charge is -2.08. The van der Waals surface area contributed by atoms with E-state index in [0.29, 0.717) is 0 Å². The van der Waals surface area contributed by atoms with Crippen molar-refractivity contribution in [1.82, 2.24) is 4.98 Å². The fraction of sp³-hybridized carbons (Fsp3) is 0.0833. The zero-order valence-electron chi connectivity index (χ0n) is 8.35. The summed E-state index contributed by atoms with van der Waals surface area (Å²) in [7, 11) is 0. The van der Waals surface area contributed by atoms with Gasteiger partial charge >= 0.3 is 0 Å². The summed E-state index contributed by atoms with van der Waals surface area (Å²) >= 11 is 7.72. The van der Waals surface area contributed by atoms with Crippen molar-refractivity contribution >= 4 is 29.1 Å². The molecule has 4 heteroatoms. The molecule has 1 unspecified atom stereocenters. The SMILES string of the molecule is Clc1ccc2c(c1)NC(c1ccccn1)S2.